The lowest BCUT2D eigenvalue weighted by Gasteiger charge is -2.38. The van der Waals surface area contributed by atoms with E-state index in [0.717, 1.165) is 57.8 Å². The predicted octanol–water partition coefficient (Wildman–Crippen LogP) is 9.91. The number of ether oxygens (including phenoxy) is 2. The molecule has 1 aromatic rings. The lowest BCUT2D eigenvalue weighted by molar-refractivity contribution is -0.407. The summed E-state index contributed by atoms with van der Waals surface area (Å²) in [4.78, 5) is 0. The van der Waals surface area contributed by atoms with Crippen molar-refractivity contribution in [1.82, 2.24) is 0 Å². The zero-order chi connectivity index (χ0) is 29.4. The topological polar surface area (TPSA) is 38.7 Å². The fourth-order valence-electron chi connectivity index (χ4n) is 5.02. The van der Waals surface area contributed by atoms with E-state index in [9.17, 15) is 27.1 Å². The highest BCUT2D eigenvalue weighted by molar-refractivity contribution is 5.24. The number of aliphatic hydroxyl groups is 1. The minimum Gasteiger partial charge on any atom is -0.343 e. The Labute approximate surface area is 232 Å². The Morgan fingerprint density at radius 2 is 0.923 bits per heavy atom. The van der Waals surface area contributed by atoms with Gasteiger partial charge in [-0.3, -0.25) is 0 Å². The van der Waals surface area contributed by atoms with E-state index in [-0.39, 0.29) is 24.5 Å². The summed E-state index contributed by atoms with van der Waals surface area (Å²) in [6, 6.07) is 0. The number of unbranched alkanes of at least 4 members (excludes halogenated alkanes) is 11. The molecule has 0 saturated carbocycles. The normalized spacial score (nSPS) is 13.2. The monoisotopic (exact) mass is 566 g/mol. The van der Waals surface area contributed by atoms with Crippen LogP contribution in [0.1, 0.15) is 136 Å². The molecule has 39 heavy (non-hydrogen) atoms. The Morgan fingerprint density at radius 1 is 0.564 bits per heavy atom. The highest BCUT2D eigenvalue weighted by Gasteiger charge is 2.40. The van der Waals surface area contributed by atoms with Gasteiger partial charge in [-0.2, -0.15) is 0 Å². The van der Waals surface area contributed by atoms with E-state index in [2.05, 4.69) is 6.92 Å². The maximum Gasteiger partial charge on any atom is 0.283 e. The molecule has 0 aliphatic rings. The van der Waals surface area contributed by atoms with Crippen molar-refractivity contribution < 1.29 is 36.5 Å². The van der Waals surface area contributed by atoms with Crippen molar-refractivity contribution in [2.75, 3.05) is 0 Å². The van der Waals surface area contributed by atoms with Gasteiger partial charge in [-0.1, -0.05) is 84.0 Å². The molecule has 0 aromatic heterocycles. The Morgan fingerprint density at radius 3 is 1.33 bits per heavy atom. The van der Waals surface area contributed by atoms with Crippen LogP contribution in [0, 0.1) is 35.0 Å². The van der Waals surface area contributed by atoms with Gasteiger partial charge in [-0.25, -0.2) is 22.0 Å². The van der Waals surface area contributed by atoms with Gasteiger partial charge in [-0.05, 0) is 53.4 Å². The predicted molar refractivity (Wildman–Crippen MR) is 146 cm³/mol. The molecular formula is C31H51F5O3. The van der Waals surface area contributed by atoms with Crippen molar-refractivity contribution in [2.45, 2.75) is 156 Å². The smallest absolute Gasteiger partial charge is 0.283 e. The van der Waals surface area contributed by atoms with Crippen molar-refractivity contribution in [1.29, 1.82) is 0 Å². The maximum atomic E-state index is 13.8. The molecular weight excluding hydrogens is 515 g/mol. The molecule has 0 amide bonds. The third kappa shape index (κ3) is 12.9. The molecule has 8 heteroatoms. The first-order chi connectivity index (χ1) is 18.4. The first-order valence-electron chi connectivity index (χ1n) is 15.0. The van der Waals surface area contributed by atoms with Crippen LogP contribution in [0.5, 0.6) is 0 Å². The summed E-state index contributed by atoms with van der Waals surface area (Å²) in [5, 5.41) is 11.4. The van der Waals surface area contributed by atoms with Crippen molar-refractivity contribution in [3.05, 3.63) is 34.6 Å². The third-order valence-electron chi connectivity index (χ3n) is 7.01. The van der Waals surface area contributed by atoms with Gasteiger partial charge in [-0.15, -0.1) is 0 Å². The van der Waals surface area contributed by atoms with Crippen LogP contribution in [0.3, 0.4) is 0 Å². The summed E-state index contributed by atoms with van der Waals surface area (Å²) in [5.41, 5.74) is -0.734. The van der Waals surface area contributed by atoms with Crippen LogP contribution >= 0.6 is 0 Å². The van der Waals surface area contributed by atoms with Gasteiger partial charge in [0.25, 0.3) is 5.97 Å². The lowest BCUT2D eigenvalue weighted by Crippen LogP contribution is -2.47. The molecule has 0 spiro atoms. The molecule has 0 radical (unpaired) electrons. The zero-order valence-corrected chi connectivity index (χ0v) is 24.7. The summed E-state index contributed by atoms with van der Waals surface area (Å²) in [7, 11) is 0. The van der Waals surface area contributed by atoms with E-state index in [1.807, 2.05) is 27.7 Å². The average molecular weight is 567 g/mol. The molecule has 0 aliphatic heterocycles. The summed E-state index contributed by atoms with van der Waals surface area (Å²) >= 11 is 0. The first kappa shape index (κ1) is 35.8. The molecule has 3 nitrogen and oxygen atoms in total. The standard InChI is InChI=1S/C31H51F5O3/c1-6-7-8-9-13-16-19-24(31(37,38-22(2)3)39-23(4)5)20-17-14-11-10-12-15-18-21-25-26(32)28(34)30(36)29(35)27(25)33/h22-24,37H,6-21H2,1-5H3. The molecule has 1 N–H and O–H groups in total. The minimum absolute atomic E-state index is 0.130. The minimum atomic E-state index is -2.12. The van der Waals surface area contributed by atoms with Crippen molar-refractivity contribution in [3.8, 4) is 0 Å². The molecule has 0 bridgehead atoms. The van der Waals surface area contributed by atoms with Gasteiger partial charge in [0.2, 0.25) is 5.82 Å². The van der Waals surface area contributed by atoms with E-state index >= 15 is 0 Å². The van der Waals surface area contributed by atoms with E-state index < -0.39 is 40.6 Å². The number of rotatable bonds is 22. The van der Waals surface area contributed by atoms with Crippen LogP contribution < -0.4 is 0 Å². The largest absolute Gasteiger partial charge is 0.343 e. The third-order valence-corrected chi connectivity index (χ3v) is 7.01. The molecule has 1 atom stereocenters. The second-order valence-electron chi connectivity index (χ2n) is 11.3. The maximum absolute atomic E-state index is 13.8. The van der Waals surface area contributed by atoms with E-state index in [0.29, 0.717) is 12.8 Å². The van der Waals surface area contributed by atoms with E-state index in [1.165, 1.54) is 25.7 Å². The van der Waals surface area contributed by atoms with E-state index in [4.69, 9.17) is 9.47 Å². The van der Waals surface area contributed by atoms with Gasteiger partial charge in [0.05, 0.1) is 12.2 Å². The fourth-order valence-corrected chi connectivity index (χ4v) is 5.02. The van der Waals surface area contributed by atoms with Crippen molar-refractivity contribution in [3.63, 3.8) is 0 Å². The summed E-state index contributed by atoms with van der Waals surface area (Å²) in [6.07, 6.45) is 13.7. The molecule has 0 fully saturated rings. The van der Waals surface area contributed by atoms with Gasteiger partial charge in [0, 0.05) is 11.5 Å². The van der Waals surface area contributed by atoms with Crippen LogP contribution in [0.4, 0.5) is 22.0 Å². The Kier molecular flexibility index (Phi) is 17.4. The number of benzene rings is 1. The van der Waals surface area contributed by atoms with Crippen LogP contribution in [0.25, 0.3) is 0 Å². The van der Waals surface area contributed by atoms with Crippen LogP contribution in [0.2, 0.25) is 0 Å². The van der Waals surface area contributed by atoms with Gasteiger partial charge < -0.3 is 14.6 Å². The first-order valence-corrected chi connectivity index (χ1v) is 15.0. The van der Waals surface area contributed by atoms with E-state index in [1.54, 1.807) is 0 Å². The van der Waals surface area contributed by atoms with Crippen molar-refractivity contribution >= 4 is 0 Å². The fraction of sp³-hybridized carbons (Fsp3) is 0.806. The molecule has 0 aliphatic carbocycles. The van der Waals surface area contributed by atoms with Crippen LogP contribution in [-0.2, 0) is 15.9 Å². The summed E-state index contributed by atoms with van der Waals surface area (Å²) in [6.45, 7) is 9.76. The Balaban J connectivity index is 2.48. The summed E-state index contributed by atoms with van der Waals surface area (Å²) < 4.78 is 79.3. The SMILES string of the molecule is CCCCCCCCC(CCCCCCCCCc1c(F)c(F)c(F)c(F)c1F)C(O)(OC(C)C)OC(C)C. The summed E-state index contributed by atoms with van der Waals surface area (Å²) in [5.74, 6) is -11.1. The lowest BCUT2D eigenvalue weighted by atomic mass is 9.91. The Hall–Kier alpha value is -1.25. The second-order valence-corrected chi connectivity index (χ2v) is 11.3. The molecule has 0 heterocycles. The molecule has 228 valence electrons. The number of halogens is 5. The second kappa shape index (κ2) is 19.0. The molecule has 1 rings (SSSR count). The quantitative estimate of drug-likeness (QED) is 0.0499. The number of hydrogen-bond donors (Lipinski definition) is 1. The van der Waals surface area contributed by atoms with Crippen LogP contribution in [-0.4, -0.2) is 23.3 Å². The molecule has 1 aromatic carbocycles. The number of hydrogen-bond acceptors (Lipinski definition) is 3. The van der Waals surface area contributed by atoms with Crippen LogP contribution in [0.15, 0.2) is 0 Å². The average Bonchev–Trinajstić information content (AvgIpc) is 2.86. The Bertz CT molecular complexity index is 777. The highest BCUT2D eigenvalue weighted by Crippen LogP contribution is 2.33. The van der Waals surface area contributed by atoms with Gasteiger partial charge >= 0.3 is 0 Å². The molecule has 0 saturated heterocycles. The van der Waals surface area contributed by atoms with Crippen molar-refractivity contribution in [2.24, 2.45) is 5.92 Å². The highest BCUT2D eigenvalue weighted by atomic mass is 19.2. The molecule has 1 unspecified atom stereocenters. The zero-order valence-electron chi connectivity index (χ0n) is 24.7. The van der Waals surface area contributed by atoms with Gasteiger partial charge in [0.15, 0.2) is 23.3 Å². The van der Waals surface area contributed by atoms with Gasteiger partial charge in [0.1, 0.15) is 0 Å².